The monoisotopic (exact) mass is 340 g/mol. The summed E-state index contributed by atoms with van der Waals surface area (Å²) in [6.07, 6.45) is -0.567. The number of hydrogen-bond acceptors (Lipinski definition) is 2. The Kier molecular flexibility index (Phi) is 9.09. The molecule has 0 aliphatic heterocycles. The van der Waals surface area contributed by atoms with E-state index < -0.39 is 17.7 Å². The van der Waals surface area contributed by atoms with E-state index in [1.807, 2.05) is 0 Å². The van der Waals surface area contributed by atoms with Crippen LogP contribution in [0.25, 0.3) is 0 Å². The molecule has 0 amide bonds. The number of halogens is 5. The minimum Gasteiger partial charge on any atom is -0.370 e. The van der Waals surface area contributed by atoms with Gasteiger partial charge in [0.1, 0.15) is 5.82 Å². The summed E-state index contributed by atoms with van der Waals surface area (Å²) in [5, 5.41) is 2.86. The van der Waals surface area contributed by atoms with E-state index in [-0.39, 0.29) is 24.6 Å². The van der Waals surface area contributed by atoms with Gasteiger partial charge < -0.3 is 5.32 Å². The zero-order chi connectivity index (χ0) is 18.1. The Bertz CT molecular complexity index is 431. The second-order valence-corrected chi connectivity index (χ2v) is 5.59. The Balaban J connectivity index is 4.53. The molecule has 0 aliphatic rings. The molecule has 1 atom stereocenters. The van der Waals surface area contributed by atoms with Crippen LogP contribution in [0.2, 0.25) is 0 Å². The summed E-state index contributed by atoms with van der Waals surface area (Å²) in [5.41, 5.74) is -0.805. The Hall–Kier alpha value is -1.40. The SMILES string of the molecule is C\C=C(/N=C\C(=C/CC)C(F)(F)F)NCC[C@H](C)CC(C)(F)F. The van der Waals surface area contributed by atoms with Crippen LogP contribution in [0.4, 0.5) is 22.0 Å². The molecule has 0 aromatic heterocycles. The van der Waals surface area contributed by atoms with Crippen LogP contribution in [0.5, 0.6) is 0 Å². The summed E-state index contributed by atoms with van der Waals surface area (Å²) in [6.45, 7) is 6.20. The molecule has 0 fully saturated rings. The average molecular weight is 340 g/mol. The second-order valence-electron chi connectivity index (χ2n) is 5.59. The Morgan fingerprint density at radius 2 is 1.83 bits per heavy atom. The highest BCUT2D eigenvalue weighted by Gasteiger charge is 2.31. The number of rotatable bonds is 9. The maximum atomic E-state index is 12.9. The molecule has 134 valence electrons. The van der Waals surface area contributed by atoms with Crippen molar-refractivity contribution in [3.8, 4) is 0 Å². The number of allylic oxidation sites excluding steroid dienone is 3. The molecule has 0 unspecified atom stereocenters. The number of hydrogen-bond donors (Lipinski definition) is 1. The standard InChI is InChI=1S/C16H25F5N2/c1-5-7-13(16(19,20)21)11-23-14(6-2)22-9-8-12(3)10-15(4,17)18/h6-7,11-12,22H,5,8-10H2,1-4H3/b13-7+,14-6-,23-11-/t12-/m0/s1. The molecule has 7 heteroatoms. The van der Waals surface area contributed by atoms with Crippen molar-refractivity contribution in [3.63, 3.8) is 0 Å². The molecule has 0 spiro atoms. The van der Waals surface area contributed by atoms with E-state index in [2.05, 4.69) is 10.3 Å². The number of nitrogens with one attached hydrogen (secondary N) is 1. The highest BCUT2D eigenvalue weighted by molar-refractivity contribution is 5.80. The summed E-state index contributed by atoms with van der Waals surface area (Å²) in [6, 6.07) is 0. The highest BCUT2D eigenvalue weighted by Crippen LogP contribution is 2.25. The van der Waals surface area contributed by atoms with Gasteiger partial charge in [-0.05, 0) is 38.7 Å². The molecular formula is C16H25F5N2. The van der Waals surface area contributed by atoms with E-state index >= 15 is 0 Å². The molecular weight excluding hydrogens is 315 g/mol. The minimum absolute atomic E-state index is 0.199. The molecule has 0 aromatic rings. The Labute approximate surface area is 134 Å². The van der Waals surface area contributed by atoms with E-state index in [1.165, 1.54) is 6.08 Å². The van der Waals surface area contributed by atoms with Gasteiger partial charge in [0.05, 0.1) is 5.57 Å². The fourth-order valence-corrected chi connectivity index (χ4v) is 1.98. The van der Waals surface area contributed by atoms with E-state index in [1.54, 1.807) is 20.8 Å². The van der Waals surface area contributed by atoms with Crippen LogP contribution >= 0.6 is 0 Å². The maximum Gasteiger partial charge on any atom is 0.417 e. The topological polar surface area (TPSA) is 24.4 Å². The lowest BCUT2D eigenvalue weighted by molar-refractivity contribution is -0.0858. The van der Waals surface area contributed by atoms with Crippen LogP contribution < -0.4 is 5.32 Å². The molecule has 2 nitrogen and oxygen atoms in total. The molecule has 0 radical (unpaired) electrons. The van der Waals surface area contributed by atoms with Crippen LogP contribution in [0, 0.1) is 5.92 Å². The first-order valence-electron chi connectivity index (χ1n) is 7.59. The molecule has 0 bridgehead atoms. The van der Waals surface area contributed by atoms with Gasteiger partial charge in [0.2, 0.25) is 5.92 Å². The highest BCUT2D eigenvalue weighted by atomic mass is 19.4. The van der Waals surface area contributed by atoms with Crippen LogP contribution in [-0.4, -0.2) is 24.9 Å². The average Bonchev–Trinajstić information content (AvgIpc) is 2.37. The molecule has 1 N–H and O–H groups in total. The molecule has 0 rings (SSSR count). The van der Waals surface area contributed by atoms with Crippen LogP contribution in [0.1, 0.15) is 47.0 Å². The van der Waals surface area contributed by atoms with Gasteiger partial charge >= 0.3 is 6.18 Å². The van der Waals surface area contributed by atoms with Crippen molar-refractivity contribution in [2.75, 3.05) is 6.54 Å². The van der Waals surface area contributed by atoms with Crippen LogP contribution in [0.3, 0.4) is 0 Å². The van der Waals surface area contributed by atoms with Crippen molar-refractivity contribution in [1.82, 2.24) is 5.32 Å². The fourth-order valence-electron chi connectivity index (χ4n) is 1.98. The van der Waals surface area contributed by atoms with Gasteiger partial charge in [-0.1, -0.05) is 19.9 Å². The Morgan fingerprint density at radius 3 is 2.26 bits per heavy atom. The number of alkyl halides is 5. The van der Waals surface area contributed by atoms with E-state index in [9.17, 15) is 22.0 Å². The van der Waals surface area contributed by atoms with E-state index in [0.29, 0.717) is 13.0 Å². The fraction of sp³-hybridized carbons (Fsp3) is 0.688. The predicted molar refractivity (Wildman–Crippen MR) is 83.7 cm³/mol. The lowest BCUT2D eigenvalue weighted by Gasteiger charge is -2.17. The molecule has 23 heavy (non-hydrogen) atoms. The van der Waals surface area contributed by atoms with Crippen molar-refractivity contribution in [1.29, 1.82) is 0 Å². The summed E-state index contributed by atoms with van der Waals surface area (Å²) in [7, 11) is 0. The van der Waals surface area contributed by atoms with Crippen LogP contribution in [-0.2, 0) is 0 Å². The number of nitrogens with zero attached hydrogens (tertiary/aromatic N) is 1. The van der Waals surface area contributed by atoms with Gasteiger partial charge in [0.25, 0.3) is 0 Å². The quantitative estimate of drug-likeness (QED) is 0.436. The molecule has 0 saturated carbocycles. The summed E-state index contributed by atoms with van der Waals surface area (Å²) >= 11 is 0. The third kappa shape index (κ3) is 10.9. The van der Waals surface area contributed by atoms with E-state index in [4.69, 9.17) is 0 Å². The smallest absolute Gasteiger partial charge is 0.370 e. The van der Waals surface area contributed by atoms with Gasteiger partial charge in [-0.2, -0.15) is 13.2 Å². The number of aliphatic imine (C=N–C) groups is 1. The molecule has 0 saturated heterocycles. The van der Waals surface area contributed by atoms with Crippen molar-refractivity contribution >= 4 is 6.21 Å². The maximum absolute atomic E-state index is 12.9. The third-order valence-electron chi connectivity index (χ3n) is 3.02. The summed E-state index contributed by atoms with van der Waals surface area (Å²) in [4.78, 5) is 3.79. The van der Waals surface area contributed by atoms with Crippen LogP contribution in [0.15, 0.2) is 28.5 Å². The molecule has 0 aromatic carbocycles. The largest absolute Gasteiger partial charge is 0.417 e. The predicted octanol–water partition coefficient (Wildman–Crippen LogP) is 5.48. The van der Waals surface area contributed by atoms with Crippen molar-refractivity contribution in [2.45, 2.75) is 59.1 Å². The lowest BCUT2D eigenvalue weighted by Crippen LogP contribution is -2.20. The van der Waals surface area contributed by atoms with Gasteiger partial charge in [0.15, 0.2) is 0 Å². The third-order valence-corrected chi connectivity index (χ3v) is 3.02. The van der Waals surface area contributed by atoms with Crippen molar-refractivity contribution in [3.05, 3.63) is 23.5 Å². The normalized spacial score (nSPS) is 16.0. The van der Waals surface area contributed by atoms with Gasteiger partial charge in [-0.3, -0.25) is 0 Å². The van der Waals surface area contributed by atoms with Gasteiger partial charge in [-0.25, -0.2) is 13.8 Å². The summed E-state index contributed by atoms with van der Waals surface area (Å²) in [5.74, 6) is -2.63. The van der Waals surface area contributed by atoms with Gasteiger partial charge in [0, 0.05) is 19.2 Å². The first-order chi connectivity index (χ1) is 10.5. The first kappa shape index (κ1) is 21.6. The zero-order valence-corrected chi connectivity index (χ0v) is 14.0. The summed E-state index contributed by atoms with van der Waals surface area (Å²) < 4.78 is 63.8. The minimum atomic E-state index is -4.44. The van der Waals surface area contributed by atoms with E-state index in [0.717, 1.165) is 19.2 Å². The second kappa shape index (κ2) is 9.67. The Morgan fingerprint density at radius 1 is 1.22 bits per heavy atom. The zero-order valence-electron chi connectivity index (χ0n) is 14.0. The first-order valence-corrected chi connectivity index (χ1v) is 7.59. The van der Waals surface area contributed by atoms with Crippen molar-refractivity contribution in [2.24, 2.45) is 10.9 Å². The van der Waals surface area contributed by atoms with Crippen molar-refractivity contribution < 1.29 is 22.0 Å². The molecule has 0 heterocycles. The molecule has 0 aliphatic carbocycles. The lowest BCUT2D eigenvalue weighted by atomic mass is 10.0. The van der Waals surface area contributed by atoms with Gasteiger partial charge in [-0.15, -0.1) is 0 Å².